The van der Waals surface area contributed by atoms with E-state index < -0.39 is 29.5 Å². The van der Waals surface area contributed by atoms with Gasteiger partial charge in [-0.05, 0) is 43.7 Å². The summed E-state index contributed by atoms with van der Waals surface area (Å²) >= 11 is 0. The molecule has 168 valence electrons. The smallest absolute Gasteiger partial charge is 0.336 e. The Morgan fingerprint density at radius 1 is 1.09 bits per heavy atom. The molecule has 1 fully saturated rings. The maximum Gasteiger partial charge on any atom is 0.336 e. The van der Waals surface area contributed by atoms with Gasteiger partial charge >= 0.3 is 11.6 Å². The molecule has 2 aromatic rings. The van der Waals surface area contributed by atoms with Gasteiger partial charge in [0.15, 0.2) is 0 Å². The number of allylic oxidation sites excluding steroid dienone is 2. The van der Waals surface area contributed by atoms with Gasteiger partial charge in [0.25, 0.3) is 0 Å². The molecule has 7 heteroatoms. The molecule has 2 amide bonds. The molecule has 0 saturated carbocycles. The predicted octanol–water partition coefficient (Wildman–Crippen LogP) is 3.51. The van der Waals surface area contributed by atoms with Crippen molar-refractivity contribution in [3.8, 4) is 0 Å². The predicted molar refractivity (Wildman–Crippen MR) is 117 cm³/mol. The van der Waals surface area contributed by atoms with Crippen LogP contribution in [0.15, 0.2) is 45.6 Å². The third-order valence-electron chi connectivity index (χ3n) is 6.18. The summed E-state index contributed by atoms with van der Waals surface area (Å²) in [5.74, 6) is -1.97. The second-order valence-corrected chi connectivity index (χ2v) is 9.05. The lowest BCUT2D eigenvalue weighted by Crippen LogP contribution is -2.47. The molecule has 4 rings (SSSR count). The number of carbonyl (C=O) groups is 3. The minimum atomic E-state index is -0.978. The third-order valence-corrected chi connectivity index (χ3v) is 6.18. The number of hydrogen-bond donors (Lipinski definition) is 0. The molecule has 1 aromatic carbocycles. The van der Waals surface area contributed by atoms with Crippen molar-refractivity contribution in [1.29, 1.82) is 0 Å². The monoisotopic (exact) mass is 437 g/mol. The normalized spacial score (nSPS) is 21.3. The first kappa shape index (κ1) is 22.0. The Hall–Kier alpha value is -3.22. The number of carbonyl (C=O) groups excluding carboxylic acids is 3. The zero-order valence-electron chi connectivity index (χ0n) is 18.5. The van der Waals surface area contributed by atoms with Crippen LogP contribution in [0.3, 0.4) is 0 Å². The van der Waals surface area contributed by atoms with Crippen LogP contribution in [0.25, 0.3) is 11.0 Å². The highest BCUT2D eigenvalue weighted by molar-refractivity contribution is 6.08. The second kappa shape index (κ2) is 8.73. The number of aryl methyl sites for hydroxylation is 1. The molecule has 0 N–H and O–H groups in total. The molecule has 1 aliphatic carbocycles. The lowest BCUT2D eigenvalue weighted by atomic mass is 9.85. The first-order valence-corrected chi connectivity index (χ1v) is 11.0. The average Bonchev–Trinajstić information content (AvgIpc) is 3.00. The van der Waals surface area contributed by atoms with Gasteiger partial charge in [0.05, 0.1) is 11.8 Å². The number of amides is 2. The highest BCUT2D eigenvalue weighted by Crippen LogP contribution is 2.37. The second-order valence-electron chi connectivity index (χ2n) is 9.05. The van der Waals surface area contributed by atoms with E-state index >= 15 is 0 Å². The Kier molecular flexibility index (Phi) is 6.00. The van der Waals surface area contributed by atoms with Crippen LogP contribution in [-0.2, 0) is 25.7 Å². The summed E-state index contributed by atoms with van der Waals surface area (Å²) < 4.78 is 10.8. The number of rotatable bonds is 6. The van der Waals surface area contributed by atoms with Crippen LogP contribution in [0.1, 0.15) is 44.2 Å². The Bertz CT molecular complexity index is 1130. The van der Waals surface area contributed by atoms with Crippen molar-refractivity contribution in [1.82, 2.24) is 4.90 Å². The largest absolute Gasteiger partial charge is 0.459 e. The summed E-state index contributed by atoms with van der Waals surface area (Å²) in [6.07, 6.45) is 5.18. The van der Waals surface area contributed by atoms with Gasteiger partial charge in [-0.1, -0.05) is 38.1 Å². The Morgan fingerprint density at radius 3 is 2.38 bits per heavy atom. The van der Waals surface area contributed by atoms with Crippen LogP contribution >= 0.6 is 0 Å². The first-order valence-electron chi connectivity index (χ1n) is 11.0. The first-order chi connectivity index (χ1) is 15.3. The van der Waals surface area contributed by atoms with E-state index in [4.69, 9.17) is 9.15 Å². The fourth-order valence-corrected chi connectivity index (χ4v) is 4.59. The summed E-state index contributed by atoms with van der Waals surface area (Å²) in [6.45, 7) is 5.60. The van der Waals surface area contributed by atoms with Crippen LogP contribution in [0.2, 0.25) is 0 Å². The molecule has 7 nitrogen and oxygen atoms in total. The van der Waals surface area contributed by atoms with E-state index in [2.05, 4.69) is 0 Å². The van der Waals surface area contributed by atoms with Crippen LogP contribution in [0.4, 0.5) is 0 Å². The maximum absolute atomic E-state index is 13.1. The summed E-state index contributed by atoms with van der Waals surface area (Å²) in [6, 6.07) is 5.77. The van der Waals surface area contributed by atoms with Gasteiger partial charge < -0.3 is 9.15 Å². The van der Waals surface area contributed by atoms with Crippen LogP contribution in [0.5, 0.6) is 0 Å². The molecular formula is C25H27NO6. The molecule has 2 heterocycles. The Balaban J connectivity index is 1.57. The minimum absolute atomic E-state index is 0.0708. The van der Waals surface area contributed by atoms with Crippen molar-refractivity contribution in [3.63, 3.8) is 0 Å². The quantitative estimate of drug-likeness (QED) is 0.297. The van der Waals surface area contributed by atoms with Gasteiger partial charge in [0.1, 0.15) is 18.2 Å². The van der Waals surface area contributed by atoms with E-state index in [-0.39, 0.29) is 24.3 Å². The van der Waals surface area contributed by atoms with E-state index in [1.807, 2.05) is 45.1 Å². The van der Waals surface area contributed by atoms with E-state index in [9.17, 15) is 19.2 Å². The summed E-state index contributed by atoms with van der Waals surface area (Å²) in [5, 5.41) is 0.675. The topological polar surface area (TPSA) is 93.9 Å². The molecule has 0 radical (unpaired) electrons. The number of imide groups is 1. The fraction of sp³-hybridized carbons (Fsp3) is 0.440. The number of ether oxygens (including phenoxy) is 1. The molecule has 2 aliphatic rings. The van der Waals surface area contributed by atoms with Crippen molar-refractivity contribution in [2.24, 2.45) is 17.8 Å². The van der Waals surface area contributed by atoms with E-state index in [1.165, 1.54) is 6.07 Å². The van der Waals surface area contributed by atoms with Crippen molar-refractivity contribution in [3.05, 3.63) is 58.0 Å². The molecule has 0 spiro atoms. The highest BCUT2D eigenvalue weighted by Gasteiger charge is 2.51. The van der Waals surface area contributed by atoms with Gasteiger partial charge in [-0.25, -0.2) is 9.59 Å². The van der Waals surface area contributed by atoms with Crippen LogP contribution in [0, 0.1) is 24.7 Å². The number of benzene rings is 1. The standard InChI is InChI=1S/C25H27NO6/c1-14(2)10-20(26-23(28)18-6-4-5-7-19(18)24(26)29)25(30)31-13-16-12-22(27)32-21-11-15(3)8-9-17(16)21/h4-5,8-9,11-12,14,18-20H,6-7,10,13H2,1-3H3. The van der Waals surface area contributed by atoms with Gasteiger partial charge in [-0.2, -0.15) is 0 Å². The van der Waals surface area contributed by atoms with Crippen LogP contribution in [-0.4, -0.2) is 28.7 Å². The third kappa shape index (κ3) is 4.11. The molecule has 1 aromatic heterocycles. The number of nitrogens with zero attached hydrogens (tertiary/aromatic N) is 1. The van der Waals surface area contributed by atoms with Crippen molar-refractivity contribution < 1.29 is 23.5 Å². The Labute approximate surface area is 186 Å². The number of esters is 1. The molecule has 3 unspecified atom stereocenters. The fourth-order valence-electron chi connectivity index (χ4n) is 4.59. The molecule has 1 saturated heterocycles. The van der Waals surface area contributed by atoms with Gasteiger partial charge in [0.2, 0.25) is 11.8 Å². The highest BCUT2D eigenvalue weighted by atomic mass is 16.5. The molecular weight excluding hydrogens is 410 g/mol. The lowest BCUT2D eigenvalue weighted by molar-refractivity contribution is -0.160. The Morgan fingerprint density at radius 2 is 1.75 bits per heavy atom. The lowest BCUT2D eigenvalue weighted by Gasteiger charge is -2.26. The van der Waals surface area contributed by atoms with E-state index in [0.717, 1.165) is 10.5 Å². The maximum atomic E-state index is 13.1. The number of fused-ring (bicyclic) bond motifs is 2. The number of likely N-dealkylation sites (tertiary alicyclic amines) is 1. The van der Waals surface area contributed by atoms with Gasteiger partial charge in [-0.3, -0.25) is 14.5 Å². The summed E-state index contributed by atoms with van der Waals surface area (Å²) in [4.78, 5) is 52.2. The van der Waals surface area contributed by atoms with Crippen molar-refractivity contribution >= 4 is 28.8 Å². The van der Waals surface area contributed by atoms with Gasteiger partial charge in [-0.15, -0.1) is 0 Å². The zero-order valence-corrected chi connectivity index (χ0v) is 18.5. The average molecular weight is 437 g/mol. The molecule has 32 heavy (non-hydrogen) atoms. The minimum Gasteiger partial charge on any atom is -0.459 e. The SMILES string of the molecule is Cc1ccc2c(COC(=O)C(CC(C)C)N3C(=O)C4CC=CCC4C3=O)cc(=O)oc2c1. The summed E-state index contributed by atoms with van der Waals surface area (Å²) in [7, 11) is 0. The summed E-state index contributed by atoms with van der Waals surface area (Å²) in [5.41, 5.74) is 1.34. The van der Waals surface area contributed by atoms with Gasteiger partial charge in [0, 0.05) is 17.0 Å². The van der Waals surface area contributed by atoms with Crippen molar-refractivity contribution in [2.45, 2.75) is 52.7 Å². The zero-order chi connectivity index (χ0) is 23.0. The van der Waals surface area contributed by atoms with E-state index in [1.54, 1.807) is 6.07 Å². The van der Waals surface area contributed by atoms with Crippen molar-refractivity contribution in [2.75, 3.05) is 0 Å². The van der Waals surface area contributed by atoms with Crippen LogP contribution < -0.4 is 5.63 Å². The molecule has 1 aliphatic heterocycles. The molecule has 0 bridgehead atoms. The van der Waals surface area contributed by atoms with E-state index in [0.29, 0.717) is 35.8 Å². The number of hydrogen-bond acceptors (Lipinski definition) is 6. The molecule has 3 atom stereocenters.